The number of rotatable bonds is 8. The zero-order valence-electron chi connectivity index (χ0n) is 15.3. The third kappa shape index (κ3) is 5.54. The number of morpholine rings is 1. The van der Waals surface area contributed by atoms with Crippen LogP contribution in [0.4, 0.5) is 8.78 Å². The first-order chi connectivity index (χ1) is 12.4. The number of methoxy groups -OCH3 is 1. The van der Waals surface area contributed by atoms with E-state index in [0.29, 0.717) is 31.2 Å². The van der Waals surface area contributed by atoms with Crippen LogP contribution in [0.5, 0.6) is 11.5 Å². The summed E-state index contributed by atoms with van der Waals surface area (Å²) in [5.41, 5.74) is 0.327. The van der Waals surface area contributed by atoms with Crippen LogP contribution in [-0.4, -0.2) is 63.4 Å². The molecule has 1 aromatic carbocycles. The lowest BCUT2D eigenvalue weighted by Crippen LogP contribution is -2.51. The molecule has 1 fully saturated rings. The number of alkyl halides is 2. The summed E-state index contributed by atoms with van der Waals surface area (Å²) in [6.07, 6.45) is 0. The number of ether oxygens (including phenoxy) is 3. The standard InChI is InChI=1S/C18H26F2N2O4/c1-12(2)14(22-6-8-25-9-7-22)11-21-17(23)13-4-5-15(26-18(19)20)16(10-13)24-3/h4-5,10,12,14,18H,6-9,11H2,1-3H3,(H,21,23). The molecule has 1 aliphatic rings. The molecule has 1 saturated heterocycles. The number of halogens is 2. The Morgan fingerprint density at radius 1 is 1.27 bits per heavy atom. The zero-order valence-corrected chi connectivity index (χ0v) is 15.3. The second-order valence-electron chi connectivity index (χ2n) is 6.41. The van der Waals surface area contributed by atoms with Crippen molar-refractivity contribution in [1.29, 1.82) is 0 Å². The first-order valence-corrected chi connectivity index (χ1v) is 8.65. The fourth-order valence-corrected chi connectivity index (χ4v) is 3.00. The minimum absolute atomic E-state index is 0.0894. The molecule has 0 aliphatic carbocycles. The van der Waals surface area contributed by atoms with Gasteiger partial charge in [-0.15, -0.1) is 0 Å². The Balaban J connectivity index is 2.01. The molecule has 6 nitrogen and oxygen atoms in total. The van der Waals surface area contributed by atoms with Gasteiger partial charge in [-0.25, -0.2) is 0 Å². The van der Waals surface area contributed by atoms with Gasteiger partial charge in [0.15, 0.2) is 11.5 Å². The monoisotopic (exact) mass is 372 g/mol. The summed E-state index contributed by atoms with van der Waals surface area (Å²) in [5.74, 6) is 0.0644. The Morgan fingerprint density at radius 3 is 2.54 bits per heavy atom. The average molecular weight is 372 g/mol. The van der Waals surface area contributed by atoms with Crippen molar-refractivity contribution < 1.29 is 27.8 Å². The number of nitrogens with zero attached hydrogens (tertiary/aromatic N) is 1. The van der Waals surface area contributed by atoms with E-state index in [1.165, 1.54) is 25.3 Å². The molecule has 1 aliphatic heterocycles. The van der Waals surface area contributed by atoms with Crippen molar-refractivity contribution in [1.82, 2.24) is 10.2 Å². The van der Waals surface area contributed by atoms with Crippen LogP contribution in [-0.2, 0) is 4.74 Å². The number of nitrogens with one attached hydrogen (secondary N) is 1. The normalized spacial score (nSPS) is 16.6. The maximum absolute atomic E-state index is 12.5. The van der Waals surface area contributed by atoms with Gasteiger partial charge in [-0.3, -0.25) is 9.69 Å². The van der Waals surface area contributed by atoms with Gasteiger partial charge in [0.2, 0.25) is 0 Å². The molecule has 1 amide bonds. The lowest BCUT2D eigenvalue weighted by molar-refractivity contribution is -0.0512. The van der Waals surface area contributed by atoms with Gasteiger partial charge in [0.25, 0.3) is 5.91 Å². The molecule has 1 N–H and O–H groups in total. The fourth-order valence-electron chi connectivity index (χ4n) is 3.00. The first-order valence-electron chi connectivity index (χ1n) is 8.65. The molecule has 1 heterocycles. The maximum Gasteiger partial charge on any atom is 0.387 e. The van der Waals surface area contributed by atoms with Gasteiger partial charge in [0.05, 0.1) is 20.3 Å². The van der Waals surface area contributed by atoms with E-state index in [4.69, 9.17) is 9.47 Å². The number of carbonyl (C=O) groups excluding carboxylic acids is 1. The van der Waals surface area contributed by atoms with Crippen LogP contribution in [0, 0.1) is 5.92 Å². The topological polar surface area (TPSA) is 60.0 Å². The summed E-state index contributed by atoms with van der Waals surface area (Å²) < 4.78 is 39.6. The largest absolute Gasteiger partial charge is 0.493 e. The number of carbonyl (C=O) groups is 1. The van der Waals surface area contributed by atoms with Crippen molar-refractivity contribution in [2.24, 2.45) is 5.92 Å². The minimum atomic E-state index is -2.95. The quantitative estimate of drug-likeness (QED) is 0.759. The molecule has 0 bridgehead atoms. The molecule has 8 heteroatoms. The third-order valence-electron chi connectivity index (χ3n) is 4.40. The number of benzene rings is 1. The van der Waals surface area contributed by atoms with Gasteiger partial charge in [0, 0.05) is 31.2 Å². The molecule has 1 unspecified atom stereocenters. The molecule has 1 atom stereocenters. The highest BCUT2D eigenvalue weighted by Gasteiger charge is 2.24. The smallest absolute Gasteiger partial charge is 0.387 e. The molecule has 2 rings (SSSR count). The van der Waals surface area contributed by atoms with Crippen molar-refractivity contribution in [2.75, 3.05) is 40.0 Å². The van der Waals surface area contributed by atoms with Gasteiger partial charge < -0.3 is 19.5 Å². The van der Waals surface area contributed by atoms with E-state index in [2.05, 4.69) is 28.8 Å². The van der Waals surface area contributed by atoms with Crippen molar-refractivity contribution in [3.8, 4) is 11.5 Å². The van der Waals surface area contributed by atoms with Gasteiger partial charge in [-0.05, 0) is 24.1 Å². The molecule has 0 spiro atoms. The highest BCUT2D eigenvalue weighted by molar-refractivity contribution is 5.94. The second-order valence-corrected chi connectivity index (χ2v) is 6.41. The van der Waals surface area contributed by atoms with E-state index >= 15 is 0 Å². The van der Waals surface area contributed by atoms with Gasteiger partial charge in [-0.1, -0.05) is 13.8 Å². The summed E-state index contributed by atoms with van der Waals surface area (Å²) in [6, 6.07) is 4.34. The predicted molar refractivity (Wildman–Crippen MR) is 93.0 cm³/mol. The van der Waals surface area contributed by atoms with Crippen molar-refractivity contribution in [3.05, 3.63) is 23.8 Å². The third-order valence-corrected chi connectivity index (χ3v) is 4.40. The van der Waals surface area contributed by atoms with Gasteiger partial charge in [0.1, 0.15) is 0 Å². The molecule has 0 aromatic heterocycles. The van der Waals surface area contributed by atoms with Crippen LogP contribution in [0.25, 0.3) is 0 Å². The van der Waals surface area contributed by atoms with Crippen molar-refractivity contribution >= 4 is 5.91 Å². The number of hydrogen-bond acceptors (Lipinski definition) is 5. The van der Waals surface area contributed by atoms with Crippen LogP contribution in [0.1, 0.15) is 24.2 Å². The highest BCUT2D eigenvalue weighted by Crippen LogP contribution is 2.29. The Bertz CT molecular complexity index is 593. The zero-order chi connectivity index (χ0) is 19.1. The summed E-state index contributed by atoms with van der Waals surface area (Å²) >= 11 is 0. The van der Waals surface area contributed by atoms with E-state index in [1.54, 1.807) is 0 Å². The molecule has 0 saturated carbocycles. The minimum Gasteiger partial charge on any atom is -0.493 e. The van der Waals surface area contributed by atoms with Crippen LogP contribution in [0.2, 0.25) is 0 Å². The Hall–Kier alpha value is -1.93. The molecule has 0 radical (unpaired) electrons. The lowest BCUT2D eigenvalue weighted by atomic mass is 10.0. The van der Waals surface area contributed by atoms with E-state index in [-0.39, 0.29) is 23.4 Å². The first kappa shape index (κ1) is 20.4. The number of amides is 1. The molecule has 1 aromatic rings. The van der Waals surface area contributed by atoms with Gasteiger partial charge in [-0.2, -0.15) is 8.78 Å². The van der Waals surface area contributed by atoms with Crippen LogP contribution < -0.4 is 14.8 Å². The van der Waals surface area contributed by atoms with E-state index in [1.807, 2.05) is 0 Å². The van der Waals surface area contributed by atoms with E-state index in [9.17, 15) is 13.6 Å². The van der Waals surface area contributed by atoms with Crippen LogP contribution in [0.15, 0.2) is 18.2 Å². The van der Waals surface area contributed by atoms with E-state index < -0.39 is 6.61 Å². The molecular formula is C18H26F2N2O4. The maximum atomic E-state index is 12.5. The highest BCUT2D eigenvalue weighted by atomic mass is 19.3. The Labute approximate surface area is 152 Å². The molecule has 146 valence electrons. The molecule has 26 heavy (non-hydrogen) atoms. The van der Waals surface area contributed by atoms with Crippen molar-refractivity contribution in [3.63, 3.8) is 0 Å². The fraction of sp³-hybridized carbons (Fsp3) is 0.611. The molecular weight excluding hydrogens is 346 g/mol. The number of hydrogen-bond donors (Lipinski definition) is 1. The average Bonchev–Trinajstić information content (AvgIpc) is 2.62. The Morgan fingerprint density at radius 2 is 1.96 bits per heavy atom. The lowest BCUT2D eigenvalue weighted by Gasteiger charge is -2.36. The van der Waals surface area contributed by atoms with Gasteiger partial charge >= 0.3 is 6.61 Å². The Kier molecular flexibility index (Phi) is 7.59. The van der Waals surface area contributed by atoms with E-state index in [0.717, 1.165) is 13.1 Å². The summed E-state index contributed by atoms with van der Waals surface area (Å²) in [7, 11) is 1.34. The SMILES string of the molecule is COc1cc(C(=O)NCC(C(C)C)N2CCOCC2)ccc1OC(F)F. The van der Waals surface area contributed by atoms with Crippen LogP contribution in [0.3, 0.4) is 0 Å². The van der Waals surface area contributed by atoms with Crippen LogP contribution >= 0.6 is 0 Å². The summed E-state index contributed by atoms with van der Waals surface area (Å²) in [4.78, 5) is 14.8. The summed E-state index contributed by atoms with van der Waals surface area (Å²) in [5, 5.41) is 2.92. The summed E-state index contributed by atoms with van der Waals surface area (Å²) in [6.45, 7) is 4.84. The second kappa shape index (κ2) is 9.68. The van der Waals surface area contributed by atoms with Crippen molar-refractivity contribution in [2.45, 2.75) is 26.5 Å². The predicted octanol–water partition coefficient (Wildman–Crippen LogP) is 2.38.